The quantitative estimate of drug-likeness (QED) is 0.652. The zero-order valence-electron chi connectivity index (χ0n) is 13.3. The largest absolute Gasteiger partial charge is 0.273 e. The highest BCUT2D eigenvalue weighted by Crippen LogP contribution is 2.11. The molecule has 0 unspecified atom stereocenters. The summed E-state index contributed by atoms with van der Waals surface area (Å²) in [5.74, 6) is -0.593. The van der Waals surface area contributed by atoms with E-state index in [1.165, 1.54) is 15.9 Å². The van der Waals surface area contributed by atoms with Crippen LogP contribution in [0.2, 0.25) is 0 Å². The monoisotopic (exact) mass is 356 g/mol. The summed E-state index contributed by atoms with van der Waals surface area (Å²) in [7, 11) is 0. The minimum atomic E-state index is -0.380. The second-order valence-electron chi connectivity index (χ2n) is 5.24. The van der Waals surface area contributed by atoms with Crippen LogP contribution in [-0.4, -0.2) is 32.0 Å². The lowest BCUT2D eigenvalue weighted by atomic mass is 10.2. The maximum absolute atomic E-state index is 12.0. The molecule has 128 valence electrons. The van der Waals surface area contributed by atoms with Crippen LogP contribution in [0.3, 0.4) is 0 Å². The number of rotatable bonds is 6. The number of benzene rings is 1. The molecule has 25 heavy (non-hydrogen) atoms. The molecule has 0 aliphatic heterocycles. The lowest BCUT2D eigenvalue weighted by molar-refractivity contribution is -0.121. The number of amides is 2. The first-order chi connectivity index (χ1) is 12.2. The Bertz CT molecular complexity index is 815. The van der Waals surface area contributed by atoms with Gasteiger partial charge in [0, 0.05) is 16.9 Å². The maximum atomic E-state index is 12.0. The Labute approximate surface area is 147 Å². The number of aromatic nitrogens is 4. The third-order valence-electron chi connectivity index (χ3n) is 3.47. The first-order valence-electron chi connectivity index (χ1n) is 7.67. The predicted octanol–water partition coefficient (Wildman–Crippen LogP) is 1.51. The fourth-order valence-electron chi connectivity index (χ4n) is 2.18. The number of carbonyl (C=O) groups is 2. The molecule has 2 heterocycles. The number of aryl methyl sites for hydroxylation is 1. The molecule has 2 amide bonds. The Morgan fingerprint density at radius 2 is 1.96 bits per heavy atom. The maximum Gasteiger partial charge on any atom is 0.269 e. The van der Waals surface area contributed by atoms with Crippen molar-refractivity contribution in [3.63, 3.8) is 0 Å². The second kappa shape index (κ2) is 8.15. The van der Waals surface area contributed by atoms with E-state index in [1.807, 2.05) is 17.5 Å². The van der Waals surface area contributed by atoms with E-state index in [-0.39, 0.29) is 11.8 Å². The normalized spacial score (nSPS) is 10.4. The van der Waals surface area contributed by atoms with Crippen molar-refractivity contribution in [3.05, 3.63) is 58.5 Å². The minimum Gasteiger partial charge on any atom is -0.273 e. The molecule has 9 heteroatoms. The Kier molecular flexibility index (Phi) is 5.47. The van der Waals surface area contributed by atoms with Gasteiger partial charge in [0.05, 0.1) is 5.69 Å². The van der Waals surface area contributed by atoms with Crippen LogP contribution in [0.4, 0.5) is 0 Å². The number of nitrogens with one attached hydrogen (secondary N) is 2. The van der Waals surface area contributed by atoms with Gasteiger partial charge in [0.2, 0.25) is 5.91 Å². The van der Waals surface area contributed by atoms with Crippen LogP contribution in [-0.2, 0) is 11.2 Å². The summed E-state index contributed by atoms with van der Waals surface area (Å²) in [5, 5.41) is 12.9. The van der Waals surface area contributed by atoms with Gasteiger partial charge in [0.15, 0.2) is 0 Å². The summed E-state index contributed by atoms with van der Waals surface area (Å²) in [4.78, 5) is 25.1. The van der Waals surface area contributed by atoms with Gasteiger partial charge in [0.25, 0.3) is 5.91 Å². The van der Waals surface area contributed by atoms with Gasteiger partial charge in [-0.25, -0.2) is 4.68 Å². The summed E-state index contributed by atoms with van der Waals surface area (Å²) < 4.78 is 1.48. The van der Waals surface area contributed by atoms with E-state index >= 15 is 0 Å². The highest BCUT2D eigenvalue weighted by molar-refractivity contribution is 7.09. The van der Waals surface area contributed by atoms with Crippen molar-refractivity contribution in [1.82, 2.24) is 31.1 Å². The van der Waals surface area contributed by atoms with Crippen molar-refractivity contribution >= 4 is 23.2 Å². The molecule has 0 fully saturated rings. The first kappa shape index (κ1) is 16.8. The van der Waals surface area contributed by atoms with Crippen molar-refractivity contribution < 1.29 is 9.59 Å². The van der Waals surface area contributed by atoms with Gasteiger partial charge in [-0.3, -0.25) is 20.4 Å². The van der Waals surface area contributed by atoms with Crippen LogP contribution in [0.15, 0.2) is 48.1 Å². The van der Waals surface area contributed by atoms with E-state index < -0.39 is 0 Å². The number of nitrogens with zero attached hydrogens (tertiary/aromatic N) is 4. The van der Waals surface area contributed by atoms with E-state index in [1.54, 1.807) is 35.6 Å². The summed E-state index contributed by atoms with van der Waals surface area (Å²) in [6.07, 6.45) is 3.42. The van der Waals surface area contributed by atoms with Crippen LogP contribution in [0.1, 0.15) is 28.1 Å². The third kappa shape index (κ3) is 4.70. The van der Waals surface area contributed by atoms with Crippen LogP contribution in [0.5, 0.6) is 0 Å². The van der Waals surface area contributed by atoms with Gasteiger partial charge < -0.3 is 0 Å². The second-order valence-corrected chi connectivity index (χ2v) is 6.27. The molecular weight excluding hydrogens is 340 g/mol. The van der Waals surface area contributed by atoms with Crippen molar-refractivity contribution in [1.29, 1.82) is 0 Å². The van der Waals surface area contributed by atoms with Gasteiger partial charge in [-0.15, -0.1) is 16.4 Å². The SMILES string of the molecule is O=C(CCCc1cccs1)NNC(=O)c1ccc(-n2cnnn2)cc1. The number of tetrazole rings is 1. The van der Waals surface area contributed by atoms with Crippen molar-refractivity contribution in [3.8, 4) is 5.69 Å². The summed E-state index contributed by atoms with van der Waals surface area (Å²) in [6, 6.07) is 10.7. The molecule has 0 saturated carbocycles. The highest BCUT2D eigenvalue weighted by Gasteiger charge is 2.08. The molecule has 1 aromatic carbocycles. The Balaban J connectivity index is 1.43. The molecule has 0 radical (unpaired) electrons. The van der Waals surface area contributed by atoms with E-state index in [4.69, 9.17) is 0 Å². The van der Waals surface area contributed by atoms with Gasteiger partial charge in [0.1, 0.15) is 6.33 Å². The Hall–Kier alpha value is -3.07. The van der Waals surface area contributed by atoms with Crippen molar-refractivity contribution in [2.45, 2.75) is 19.3 Å². The molecule has 8 nitrogen and oxygen atoms in total. The average Bonchev–Trinajstić information content (AvgIpc) is 3.33. The molecule has 0 bridgehead atoms. The van der Waals surface area contributed by atoms with Crippen LogP contribution < -0.4 is 10.9 Å². The summed E-state index contributed by atoms with van der Waals surface area (Å²) >= 11 is 1.67. The third-order valence-corrected chi connectivity index (χ3v) is 4.40. The highest BCUT2D eigenvalue weighted by atomic mass is 32.1. The van der Waals surface area contributed by atoms with Gasteiger partial charge >= 0.3 is 0 Å². The lowest BCUT2D eigenvalue weighted by Crippen LogP contribution is -2.41. The molecule has 3 aromatic rings. The molecule has 0 aliphatic carbocycles. The van der Waals surface area contributed by atoms with E-state index in [0.717, 1.165) is 18.5 Å². The lowest BCUT2D eigenvalue weighted by Gasteiger charge is -2.08. The molecule has 0 aliphatic rings. The molecule has 2 N–H and O–H groups in total. The fourth-order valence-corrected chi connectivity index (χ4v) is 2.94. The zero-order valence-corrected chi connectivity index (χ0v) is 14.1. The van der Waals surface area contributed by atoms with Gasteiger partial charge in [-0.1, -0.05) is 6.07 Å². The summed E-state index contributed by atoms with van der Waals surface area (Å²) in [5.41, 5.74) is 6.01. The smallest absolute Gasteiger partial charge is 0.269 e. The van der Waals surface area contributed by atoms with E-state index in [9.17, 15) is 9.59 Å². The van der Waals surface area contributed by atoms with Crippen LogP contribution in [0, 0.1) is 0 Å². The first-order valence-corrected chi connectivity index (χ1v) is 8.55. The fraction of sp³-hybridized carbons (Fsp3) is 0.188. The molecule has 0 spiro atoms. The standard InChI is InChI=1S/C16H16N6O2S/c23-15(5-1-3-14-4-2-10-25-14)18-19-16(24)12-6-8-13(9-7-12)22-11-17-20-21-22/h2,4,6-11H,1,3,5H2,(H,18,23)(H,19,24). The van der Waals surface area contributed by atoms with E-state index in [0.29, 0.717) is 12.0 Å². The average molecular weight is 356 g/mol. The topological polar surface area (TPSA) is 102 Å². The molecule has 0 saturated heterocycles. The molecule has 3 rings (SSSR count). The molecule has 2 aromatic heterocycles. The number of carbonyl (C=O) groups excluding carboxylic acids is 2. The number of hydrazine groups is 1. The molecular formula is C16H16N6O2S. The Morgan fingerprint density at radius 3 is 2.64 bits per heavy atom. The molecule has 0 atom stereocenters. The number of hydrogen-bond donors (Lipinski definition) is 2. The van der Waals surface area contributed by atoms with Crippen molar-refractivity contribution in [2.75, 3.05) is 0 Å². The number of thiophene rings is 1. The van der Waals surface area contributed by atoms with Crippen LogP contribution >= 0.6 is 11.3 Å². The van der Waals surface area contributed by atoms with Crippen molar-refractivity contribution in [2.24, 2.45) is 0 Å². The number of hydrogen-bond acceptors (Lipinski definition) is 6. The predicted molar refractivity (Wildman–Crippen MR) is 92.0 cm³/mol. The van der Waals surface area contributed by atoms with E-state index in [2.05, 4.69) is 26.4 Å². The van der Waals surface area contributed by atoms with Gasteiger partial charge in [-0.2, -0.15) is 0 Å². The summed E-state index contributed by atoms with van der Waals surface area (Å²) in [6.45, 7) is 0. The Morgan fingerprint density at radius 1 is 1.12 bits per heavy atom. The zero-order chi connectivity index (χ0) is 17.5. The van der Waals surface area contributed by atoms with Gasteiger partial charge in [-0.05, 0) is 59.0 Å². The minimum absolute atomic E-state index is 0.213. The van der Waals surface area contributed by atoms with Crippen LogP contribution in [0.25, 0.3) is 5.69 Å².